The van der Waals surface area contributed by atoms with Gasteiger partial charge in [0.05, 0.1) is 0 Å². The molecule has 0 aromatic heterocycles. The van der Waals surface area contributed by atoms with E-state index in [1.807, 2.05) is 19.1 Å². The van der Waals surface area contributed by atoms with E-state index >= 15 is 0 Å². The van der Waals surface area contributed by atoms with Crippen molar-refractivity contribution in [2.45, 2.75) is 12.0 Å². The number of allylic oxidation sites excluding steroid dienone is 2. The van der Waals surface area contributed by atoms with Crippen LogP contribution in [0.15, 0.2) is 24.3 Å². The van der Waals surface area contributed by atoms with E-state index in [4.69, 9.17) is 21.4 Å². The van der Waals surface area contributed by atoms with E-state index in [1.54, 1.807) is 12.2 Å². The van der Waals surface area contributed by atoms with Gasteiger partial charge in [-0.05, 0) is 6.08 Å². The molecule has 0 aromatic carbocycles. The Morgan fingerprint density at radius 2 is 2.38 bits per heavy atom. The summed E-state index contributed by atoms with van der Waals surface area (Å²) >= 11 is 6.05. The van der Waals surface area contributed by atoms with Crippen LogP contribution in [0.4, 0.5) is 0 Å². The Hall–Kier alpha value is -0.800. The average molecular weight is 203 g/mol. The number of halogens is 1. The van der Waals surface area contributed by atoms with Crippen LogP contribution in [0.25, 0.3) is 0 Å². The molecule has 0 aromatic rings. The van der Waals surface area contributed by atoms with Gasteiger partial charge < -0.3 is 9.84 Å². The number of hydrogen-bond acceptors (Lipinski definition) is 2. The molecule has 0 saturated heterocycles. The monoisotopic (exact) mass is 202 g/mol. The van der Waals surface area contributed by atoms with E-state index in [0.717, 1.165) is 0 Å². The van der Waals surface area contributed by atoms with Crippen molar-refractivity contribution in [2.24, 2.45) is 5.92 Å². The highest BCUT2D eigenvalue weighted by molar-refractivity contribution is 6.24. The second-order valence-electron chi connectivity index (χ2n) is 2.91. The van der Waals surface area contributed by atoms with Crippen LogP contribution >= 0.6 is 11.6 Å². The van der Waals surface area contributed by atoms with Crippen LogP contribution in [0, 0.1) is 5.92 Å². The van der Waals surface area contributed by atoms with Gasteiger partial charge in [0.1, 0.15) is 6.61 Å². The maximum atomic E-state index is 10.3. The molecule has 0 saturated carbocycles. The first-order valence-electron chi connectivity index (χ1n) is 3.95. The lowest BCUT2D eigenvalue weighted by molar-refractivity contribution is -0.145. The zero-order valence-corrected chi connectivity index (χ0v) is 7.99. The van der Waals surface area contributed by atoms with Crippen LogP contribution < -0.4 is 0 Å². The second-order valence-corrected chi connectivity index (χ2v) is 3.50. The lowest BCUT2D eigenvalue weighted by atomic mass is 9.99. The Kier molecular flexibility index (Phi) is 3.12. The van der Waals surface area contributed by atoms with Gasteiger partial charge in [-0.25, -0.2) is 4.79 Å². The Morgan fingerprint density at radius 1 is 1.69 bits per heavy atom. The summed E-state index contributed by atoms with van der Waals surface area (Å²) in [5.41, 5.74) is 0. The lowest BCUT2D eigenvalue weighted by Crippen LogP contribution is -2.33. The summed E-state index contributed by atoms with van der Waals surface area (Å²) in [4.78, 5) is 10.3. The summed E-state index contributed by atoms with van der Waals surface area (Å²) in [7, 11) is 0. The van der Waals surface area contributed by atoms with Crippen molar-refractivity contribution in [3.05, 3.63) is 24.3 Å². The summed E-state index contributed by atoms with van der Waals surface area (Å²) < 4.78 is 5.07. The van der Waals surface area contributed by atoms with Gasteiger partial charge >= 0.3 is 5.97 Å². The molecule has 4 heteroatoms. The highest BCUT2D eigenvalue weighted by Gasteiger charge is 2.32. The largest absolute Gasteiger partial charge is 0.480 e. The number of hydrogen-bond donors (Lipinski definition) is 1. The normalized spacial score (nSPS) is 32.0. The summed E-state index contributed by atoms with van der Waals surface area (Å²) in [5.74, 6) is -1.05. The Labute approximate surface area is 81.6 Å². The van der Waals surface area contributed by atoms with Gasteiger partial charge in [0.2, 0.25) is 0 Å². The smallest absolute Gasteiger partial charge is 0.329 e. The van der Waals surface area contributed by atoms with Gasteiger partial charge in [-0.2, -0.15) is 0 Å². The minimum atomic E-state index is -1.02. The third-order valence-corrected chi connectivity index (χ3v) is 2.45. The number of ether oxygens (including phenoxy) is 1. The summed E-state index contributed by atoms with van der Waals surface area (Å²) in [6.07, 6.45) is 7.13. The number of rotatable bonds is 3. The molecule has 72 valence electrons. The number of aliphatic carboxylic acids is 1. The number of alkyl halides is 1. The Bertz CT molecular complexity index is 260. The van der Waals surface area contributed by atoms with E-state index in [9.17, 15) is 4.79 Å². The molecule has 1 rings (SSSR count). The molecule has 2 unspecified atom stereocenters. The fourth-order valence-electron chi connectivity index (χ4n) is 1.05. The number of carboxylic acid groups (broad SMARTS) is 1. The van der Waals surface area contributed by atoms with Crippen molar-refractivity contribution < 1.29 is 14.6 Å². The summed E-state index contributed by atoms with van der Waals surface area (Å²) in [5, 5.41) is 7.41. The minimum Gasteiger partial charge on any atom is -0.480 e. The first-order chi connectivity index (χ1) is 6.04. The molecule has 0 aliphatic heterocycles. The molecular formula is C9H11ClO3. The third-order valence-electron chi connectivity index (χ3n) is 1.87. The molecule has 0 fully saturated rings. The predicted octanol–water partition coefficient (Wildman–Crippen LogP) is 1.78. The third kappa shape index (κ3) is 2.57. The van der Waals surface area contributed by atoms with Crippen LogP contribution in [0.1, 0.15) is 6.92 Å². The van der Waals surface area contributed by atoms with Crippen molar-refractivity contribution in [3.8, 4) is 0 Å². The maximum Gasteiger partial charge on any atom is 0.329 e. The second kappa shape index (κ2) is 3.94. The molecule has 1 aliphatic carbocycles. The zero-order chi connectivity index (χ0) is 9.90. The summed E-state index contributed by atoms with van der Waals surface area (Å²) in [6.45, 7) is 1.49. The molecule has 0 radical (unpaired) electrons. The van der Waals surface area contributed by atoms with E-state index in [2.05, 4.69) is 0 Å². The van der Waals surface area contributed by atoms with Crippen molar-refractivity contribution >= 4 is 17.6 Å². The van der Waals surface area contributed by atoms with Gasteiger partial charge in [0.15, 0.2) is 5.06 Å². The maximum absolute atomic E-state index is 10.3. The summed E-state index contributed by atoms with van der Waals surface area (Å²) in [6, 6.07) is 0. The highest BCUT2D eigenvalue weighted by Crippen LogP contribution is 2.32. The van der Waals surface area contributed by atoms with Crippen LogP contribution in [0.2, 0.25) is 0 Å². The molecule has 0 heterocycles. The van der Waals surface area contributed by atoms with E-state index in [-0.39, 0.29) is 12.5 Å². The van der Waals surface area contributed by atoms with Crippen molar-refractivity contribution in [1.29, 1.82) is 0 Å². The van der Waals surface area contributed by atoms with E-state index < -0.39 is 11.0 Å². The zero-order valence-electron chi connectivity index (χ0n) is 7.24. The minimum absolute atomic E-state index is 0.0292. The fraction of sp³-hybridized carbons (Fsp3) is 0.444. The quantitative estimate of drug-likeness (QED) is 0.710. The lowest BCUT2D eigenvalue weighted by Gasteiger charge is -2.29. The molecule has 1 N–H and O–H groups in total. The van der Waals surface area contributed by atoms with Crippen LogP contribution in [0.3, 0.4) is 0 Å². The Balaban J connectivity index is 2.59. The van der Waals surface area contributed by atoms with Crippen molar-refractivity contribution in [2.75, 3.05) is 6.61 Å². The van der Waals surface area contributed by atoms with E-state index in [0.29, 0.717) is 0 Å². The molecule has 1 aliphatic rings. The van der Waals surface area contributed by atoms with Gasteiger partial charge in [-0.1, -0.05) is 36.8 Å². The van der Waals surface area contributed by atoms with Gasteiger partial charge in [-0.3, -0.25) is 0 Å². The number of carbonyl (C=O) groups is 1. The highest BCUT2D eigenvalue weighted by atomic mass is 35.5. The van der Waals surface area contributed by atoms with Gasteiger partial charge in [0.25, 0.3) is 0 Å². The fourth-order valence-corrected chi connectivity index (χ4v) is 1.25. The van der Waals surface area contributed by atoms with Crippen molar-refractivity contribution in [3.63, 3.8) is 0 Å². The van der Waals surface area contributed by atoms with Gasteiger partial charge in [0, 0.05) is 5.92 Å². The van der Waals surface area contributed by atoms with Crippen molar-refractivity contribution in [1.82, 2.24) is 0 Å². The molecule has 0 bridgehead atoms. The van der Waals surface area contributed by atoms with E-state index in [1.165, 1.54) is 0 Å². The molecular weight excluding hydrogens is 192 g/mol. The number of carboxylic acids is 1. The first-order valence-corrected chi connectivity index (χ1v) is 4.33. The van der Waals surface area contributed by atoms with Gasteiger partial charge in [-0.15, -0.1) is 0 Å². The van der Waals surface area contributed by atoms with Crippen LogP contribution in [-0.2, 0) is 9.53 Å². The molecule has 0 amide bonds. The first kappa shape index (κ1) is 10.3. The van der Waals surface area contributed by atoms with Crippen LogP contribution in [0.5, 0.6) is 0 Å². The average Bonchev–Trinajstić information content (AvgIpc) is 2.07. The molecule has 3 nitrogen and oxygen atoms in total. The molecule has 2 atom stereocenters. The standard InChI is InChI=1S/C9H11ClO3/c1-7-4-2-3-5-9(7,10)13-6-8(11)12/h2-5,7H,6H2,1H3,(H,11,12). The predicted molar refractivity (Wildman–Crippen MR) is 49.6 cm³/mol. The molecule has 13 heavy (non-hydrogen) atoms. The van der Waals surface area contributed by atoms with Crippen LogP contribution in [-0.4, -0.2) is 22.7 Å². The molecule has 0 spiro atoms. The Morgan fingerprint density at radius 3 is 2.92 bits per heavy atom. The topological polar surface area (TPSA) is 46.5 Å². The SMILES string of the molecule is CC1C=CC=CC1(Cl)OCC(=O)O.